The lowest BCUT2D eigenvalue weighted by Gasteiger charge is -2.46. The van der Waals surface area contributed by atoms with Crippen LogP contribution in [0.2, 0.25) is 0 Å². The lowest BCUT2D eigenvalue weighted by Crippen LogP contribution is -2.49. The number of nitrogens with one attached hydrogen (secondary N) is 1. The van der Waals surface area contributed by atoms with Crippen molar-refractivity contribution in [2.24, 2.45) is 0 Å². The summed E-state index contributed by atoms with van der Waals surface area (Å²) < 4.78 is 0. The number of phenolic OH excluding ortho intramolecular Hbond substituents is 1. The smallest absolute Gasteiger partial charge is 0.115 e. The summed E-state index contributed by atoms with van der Waals surface area (Å²) in [5.41, 5.74) is 1.27. The van der Waals surface area contributed by atoms with Crippen molar-refractivity contribution in [3.63, 3.8) is 0 Å². The van der Waals surface area contributed by atoms with Crippen molar-refractivity contribution in [1.29, 1.82) is 0 Å². The standard InChI is InChI=1S/C20H32N2O/c1-5-8-17(6-2)21-18-11-13-20(14-12-18,22(3)4)16-9-7-10-19(23)15-16/h5,7,9-10,15,17-18,21,23H,1,6,8,11-14H2,2-4H3. The second-order valence-electron chi connectivity index (χ2n) is 7.05. The largest absolute Gasteiger partial charge is 0.508 e. The minimum absolute atomic E-state index is 0.0388. The van der Waals surface area contributed by atoms with Crippen molar-refractivity contribution in [1.82, 2.24) is 10.2 Å². The van der Waals surface area contributed by atoms with Crippen molar-refractivity contribution in [3.05, 3.63) is 42.5 Å². The van der Waals surface area contributed by atoms with Gasteiger partial charge in [-0.3, -0.25) is 4.90 Å². The van der Waals surface area contributed by atoms with E-state index >= 15 is 0 Å². The second kappa shape index (κ2) is 7.98. The topological polar surface area (TPSA) is 35.5 Å². The van der Waals surface area contributed by atoms with Gasteiger partial charge < -0.3 is 10.4 Å². The average Bonchev–Trinajstić information content (AvgIpc) is 2.55. The van der Waals surface area contributed by atoms with Crippen LogP contribution in [-0.4, -0.2) is 36.2 Å². The third-order valence-corrected chi connectivity index (χ3v) is 5.47. The molecule has 1 fully saturated rings. The molecule has 2 rings (SSSR count). The Morgan fingerprint density at radius 2 is 2.09 bits per heavy atom. The van der Waals surface area contributed by atoms with E-state index in [9.17, 15) is 5.11 Å². The van der Waals surface area contributed by atoms with E-state index in [1.165, 1.54) is 18.4 Å². The molecule has 0 heterocycles. The zero-order chi connectivity index (χ0) is 16.9. The summed E-state index contributed by atoms with van der Waals surface area (Å²) in [6.07, 6.45) is 8.77. The molecule has 1 aromatic rings. The maximum atomic E-state index is 9.86. The minimum Gasteiger partial charge on any atom is -0.508 e. The van der Waals surface area contributed by atoms with Crippen LogP contribution < -0.4 is 5.32 Å². The number of hydrogen-bond acceptors (Lipinski definition) is 3. The monoisotopic (exact) mass is 316 g/mol. The zero-order valence-corrected chi connectivity index (χ0v) is 14.9. The van der Waals surface area contributed by atoms with Gasteiger partial charge in [-0.2, -0.15) is 0 Å². The molecule has 3 heteroatoms. The fourth-order valence-electron chi connectivity index (χ4n) is 3.94. The van der Waals surface area contributed by atoms with Crippen LogP contribution in [0.3, 0.4) is 0 Å². The van der Waals surface area contributed by atoms with E-state index in [2.05, 4.69) is 43.9 Å². The highest BCUT2D eigenvalue weighted by atomic mass is 16.3. The molecule has 1 saturated carbocycles. The highest BCUT2D eigenvalue weighted by Gasteiger charge is 2.39. The molecule has 2 N–H and O–H groups in total. The van der Waals surface area contributed by atoms with Crippen LogP contribution in [0.25, 0.3) is 0 Å². The molecule has 23 heavy (non-hydrogen) atoms. The number of aromatic hydroxyl groups is 1. The first-order valence-corrected chi connectivity index (χ1v) is 8.85. The lowest BCUT2D eigenvalue weighted by atomic mass is 9.74. The summed E-state index contributed by atoms with van der Waals surface area (Å²) in [7, 11) is 4.31. The third-order valence-electron chi connectivity index (χ3n) is 5.47. The number of rotatable bonds is 7. The zero-order valence-electron chi connectivity index (χ0n) is 14.9. The first kappa shape index (κ1) is 18.0. The lowest BCUT2D eigenvalue weighted by molar-refractivity contribution is 0.0830. The summed E-state index contributed by atoms with van der Waals surface area (Å²) in [4.78, 5) is 2.33. The summed E-state index contributed by atoms with van der Waals surface area (Å²) >= 11 is 0. The SMILES string of the molecule is C=CCC(CC)NC1CCC(c2cccc(O)c2)(N(C)C)CC1. The van der Waals surface area contributed by atoms with E-state index in [1.54, 1.807) is 6.07 Å². The van der Waals surface area contributed by atoms with Gasteiger partial charge in [0, 0.05) is 17.6 Å². The van der Waals surface area contributed by atoms with E-state index in [0.29, 0.717) is 17.8 Å². The fraction of sp³-hybridized carbons (Fsp3) is 0.600. The first-order valence-electron chi connectivity index (χ1n) is 8.85. The number of benzene rings is 1. The van der Waals surface area contributed by atoms with Gasteiger partial charge >= 0.3 is 0 Å². The Labute approximate surface area is 141 Å². The average molecular weight is 316 g/mol. The molecule has 0 amide bonds. The Morgan fingerprint density at radius 1 is 1.39 bits per heavy atom. The van der Waals surface area contributed by atoms with Gasteiger partial charge in [-0.15, -0.1) is 6.58 Å². The molecule has 1 atom stereocenters. The molecule has 0 saturated heterocycles. The van der Waals surface area contributed by atoms with Crippen molar-refractivity contribution < 1.29 is 5.11 Å². The summed E-state index contributed by atoms with van der Waals surface area (Å²) in [6.45, 7) is 6.10. The molecule has 1 aromatic carbocycles. The van der Waals surface area contributed by atoms with Gasteiger partial charge in [0.2, 0.25) is 0 Å². The minimum atomic E-state index is 0.0388. The molecule has 3 nitrogen and oxygen atoms in total. The van der Waals surface area contributed by atoms with Gasteiger partial charge in [0.1, 0.15) is 5.75 Å². The molecule has 0 aromatic heterocycles. The van der Waals surface area contributed by atoms with E-state index in [-0.39, 0.29) is 5.54 Å². The van der Waals surface area contributed by atoms with Gasteiger partial charge in [0.05, 0.1) is 0 Å². The second-order valence-corrected chi connectivity index (χ2v) is 7.05. The van der Waals surface area contributed by atoms with Crippen LogP contribution in [0.1, 0.15) is 51.0 Å². The molecule has 1 unspecified atom stereocenters. The normalized spacial score (nSPS) is 26.2. The van der Waals surface area contributed by atoms with Crippen molar-refractivity contribution in [2.45, 2.75) is 63.1 Å². The molecule has 1 aliphatic rings. The highest BCUT2D eigenvalue weighted by Crippen LogP contribution is 2.42. The molecule has 128 valence electrons. The van der Waals surface area contributed by atoms with Crippen LogP contribution in [-0.2, 0) is 5.54 Å². The van der Waals surface area contributed by atoms with Crippen LogP contribution in [0, 0.1) is 0 Å². The van der Waals surface area contributed by atoms with Crippen molar-refractivity contribution in [2.75, 3.05) is 14.1 Å². The first-order chi connectivity index (χ1) is 11.0. The van der Waals surface area contributed by atoms with Crippen molar-refractivity contribution in [3.8, 4) is 5.75 Å². The van der Waals surface area contributed by atoms with E-state index in [4.69, 9.17) is 0 Å². The molecule has 0 spiro atoms. The Morgan fingerprint density at radius 3 is 2.61 bits per heavy atom. The van der Waals surface area contributed by atoms with E-state index in [1.807, 2.05) is 18.2 Å². The molecular weight excluding hydrogens is 284 g/mol. The van der Waals surface area contributed by atoms with Gasteiger partial charge in [-0.05, 0) is 70.3 Å². The van der Waals surface area contributed by atoms with Crippen LogP contribution in [0.15, 0.2) is 36.9 Å². The Hall–Kier alpha value is -1.32. The van der Waals surface area contributed by atoms with Crippen LogP contribution in [0.4, 0.5) is 0 Å². The Balaban J connectivity index is 2.08. The molecule has 0 bridgehead atoms. The summed E-state index contributed by atoms with van der Waals surface area (Å²) in [5.74, 6) is 0.362. The van der Waals surface area contributed by atoms with Gasteiger partial charge in [0.25, 0.3) is 0 Å². The molecule has 0 radical (unpaired) electrons. The van der Waals surface area contributed by atoms with Gasteiger partial charge in [-0.25, -0.2) is 0 Å². The Kier molecular flexibility index (Phi) is 6.25. The van der Waals surface area contributed by atoms with Crippen LogP contribution >= 0.6 is 0 Å². The maximum Gasteiger partial charge on any atom is 0.115 e. The molecule has 1 aliphatic carbocycles. The van der Waals surface area contributed by atoms with E-state index < -0.39 is 0 Å². The number of nitrogens with zero attached hydrogens (tertiary/aromatic N) is 1. The fourth-order valence-corrected chi connectivity index (χ4v) is 3.94. The predicted octanol–water partition coefficient (Wildman–Crippen LogP) is 4.04. The molecule has 0 aliphatic heterocycles. The van der Waals surface area contributed by atoms with Crippen molar-refractivity contribution >= 4 is 0 Å². The van der Waals surface area contributed by atoms with Gasteiger partial charge in [0.15, 0.2) is 0 Å². The summed E-state index contributed by atoms with van der Waals surface area (Å²) in [5, 5.41) is 13.7. The van der Waals surface area contributed by atoms with E-state index in [0.717, 1.165) is 25.7 Å². The Bertz CT molecular complexity index is 504. The maximum absolute atomic E-state index is 9.86. The molecular formula is C20H32N2O. The summed E-state index contributed by atoms with van der Waals surface area (Å²) in [6, 6.07) is 8.93. The van der Waals surface area contributed by atoms with Gasteiger partial charge in [-0.1, -0.05) is 25.1 Å². The quantitative estimate of drug-likeness (QED) is 0.745. The number of phenols is 1. The predicted molar refractivity (Wildman–Crippen MR) is 97.8 cm³/mol. The van der Waals surface area contributed by atoms with Crippen LogP contribution in [0.5, 0.6) is 5.75 Å². The third kappa shape index (κ3) is 4.15. The highest BCUT2D eigenvalue weighted by molar-refractivity contribution is 5.33. The number of hydrogen-bond donors (Lipinski definition) is 2.